The molecule has 1 heterocycles. The molecule has 0 saturated carbocycles. The molecule has 3 aromatic rings. The van der Waals surface area contributed by atoms with E-state index in [-0.39, 0.29) is 23.6 Å². The van der Waals surface area contributed by atoms with Gasteiger partial charge in [0.1, 0.15) is 17.3 Å². The molecule has 24 heavy (non-hydrogen) atoms. The first-order valence-corrected chi connectivity index (χ1v) is 8.97. The normalized spacial score (nSPS) is 11.5. The van der Waals surface area contributed by atoms with Gasteiger partial charge in [0.05, 0.1) is 10.9 Å². The van der Waals surface area contributed by atoms with E-state index >= 15 is 0 Å². The zero-order valence-electron chi connectivity index (χ0n) is 13.0. The van der Waals surface area contributed by atoms with E-state index in [9.17, 15) is 13.2 Å². The predicted molar refractivity (Wildman–Crippen MR) is 91.6 cm³/mol. The van der Waals surface area contributed by atoms with Gasteiger partial charge in [0.25, 0.3) is 5.56 Å². The van der Waals surface area contributed by atoms with Gasteiger partial charge >= 0.3 is 10.1 Å². The van der Waals surface area contributed by atoms with Gasteiger partial charge in [-0.3, -0.25) is 9.36 Å². The van der Waals surface area contributed by atoms with Crippen LogP contribution in [-0.4, -0.2) is 23.7 Å². The van der Waals surface area contributed by atoms with Crippen LogP contribution in [0.4, 0.5) is 0 Å². The highest BCUT2D eigenvalue weighted by atomic mass is 32.2. The zero-order valence-corrected chi connectivity index (χ0v) is 13.9. The van der Waals surface area contributed by atoms with Crippen molar-refractivity contribution in [3.8, 4) is 5.75 Å². The summed E-state index contributed by atoms with van der Waals surface area (Å²) in [5, 5.41) is 0.462. The minimum absolute atomic E-state index is 0.0162. The molecule has 0 radical (unpaired) electrons. The Morgan fingerprint density at radius 2 is 1.71 bits per heavy atom. The van der Waals surface area contributed by atoms with Crippen LogP contribution in [0.15, 0.2) is 59.4 Å². The lowest BCUT2D eigenvalue weighted by molar-refractivity contribution is 0.480. The molecule has 0 spiro atoms. The number of fused-ring (bicyclic) bond motifs is 1. The van der Waals surface area contributed by atoms with Crippen LogP contribution < -0.4 is 9.74 Å². The van der Waals surface area contributed by atoms with Gasteiger partial charge in [0.2, 0.25) is 0 Å². The lowest BCUT2D eigenvalue weighted by atomic mass is 10.2. The van der Waals surface area contributed by atoms with E-state index in [1.54, 1.807) is 61.5 Å². The maximum Gasteiger partial charge on any atom is 0.310 e. The highest BCUT2D eigenvalue weighted by Crippen LogP contribution is 2.12. The average Bonchev–Trinajstić information content (AvgIpc) is 2.55. The Labute approximate surface area is 139 Å². The van der Waals surface area contributed by atoms with Crippen molar-refractivity contribution in [2.45, 2.75) is 13.5 Å². The van der Waals surface area contributed by atoms with Crippen LogP contribution in [0, 0.1) is 6.92 Å². The van der Waals surface area contributed by atoms with Crippen LogP contribution in [0.1, 0.15) is 5.82 Å². The van der Waals surface area contributed by atoms with E-state index in [0.29, 0.717) is 16.7 Å². The van der Waals surface area contributed by atoms with Crippen molar-refractivity contribution >= 4 is 21.0 Å². The molecule has 6 nitrogen and oxygen atoms in total. The van der Waals surface area contributed by atoms with Gasteiger partial charge in [-0.05, 0) is 31.2 Å². The largest absolute Gasteiger partial charge is 0.382 e. The van der Waals surface area contributed by atoms with Gasteiger partial charge in [-0.15, -0.1) is 0 Å². The molecule has 2 aromatic carbocycles. The standard InChI is InChI=1S/C17H16N2O4S/c1-13-18-16-10-6-5-9-15(16)17(20)19(13)11-12-24(21,22)23-14-7-3-2-4-8-14/h2-10H,11-12H2,1H3. The lowest BCUT2D eigenvalue weighted by Gasteiger charge is -2.11. The topological polar surface area (TPSA) is 78.3 Å². The second kappa shape index (κ2) is 6.45. The van der Waals surface area contributed by atoms with Crippen molar-refractivity contribution in [2.75, 3.05) is 5.75 Å². The summed E-state index contributed by atoms with van der Waals surface area (Å²) in [6.45, 7) is 1.66. The SMILES string of the molecule is Cc1nc2ccccc2c(=O)n1CCS(=O)(=O)Oc1ccccc1. The summed E-state index contributed by atoms with van der Waals surface area (Å²) in [6.07, 6.45) is 0. The molecule has 3 rings (SSSR count). The molecule has 0 amide bonds. The van der Waals surface area contributed by atoms with Crippen LogP contribution in [-0.2, 0) is 16.7 Å². The Morgan fingerprint density at radius 3 is 2.46 bits per heavy atom. The number of rotatable bonds is 5. The third-order valence-electron chi connectivity index (χ3n) is 3.58. The summed E-state index contributed by atoms with van der Waals surface area (Å²) in [5.41, 5.74) is 0.340. The Bertz CT molecular complexity index is 1030. The van der Waals surface area contributed by atoms with Gasteiger partial charge in [-0.1, -0.05) is 30.3 Å². The first-order chi connectivity index (χ1) is 11.5. The number of aromatic nitrogens is 2. The minimum Gasteiger partial charge on any atom is -0.382 e. The fraction of sp³-hybridized carbons (Fsp3) is 0.176. The number of hydrogen-bond donors (Lipinski definition) is 0. The number of aryl methyl sites for hydroxylation is 1. The van der Waals surface area contributed by atoms with Crippen molar-refractivity contribution in [1.82, 2.24) is 9.55 Å². The van der Waals surface area contributed by atoms with E-state index in [1.807, 2.05) is 0 Å². The number of nitrogens with zero attached hydrogens (tertiary/aromatic N) is 2. The van der Waals surface area contributed by atoms with Crippen molar-refractivity contribution < 1.29 is 12.6 Å². The van der Waals surface area contributed by atoms with Crippen LogP contribution in [0.3, 0.4) is 0 Å². The minimum atomic E-state index is -3.81. The van der Waals surface area contributed by atoms with E-state index in [0.717, 1.165) is 0 Å². The maximum absolute atomic E-state index is 12.5. The molecule has 0 fully saturated rings. The molecule has 7 heteroatoms. The van der Waals surface area contributed by atoms with Crippen LogP contribution >= 0.6 is 0 Å². The van der Waals surface area contributed by atoms with Gasteiger partial charge in [0.15, 0.2) is 0 Å². The molecule has 0 aliphatic heterocycles. The molecular weight excluding hydrogens is 328 g/mol. The van der Waals surface area contributed by atoms with Crippen molar-refractivity contribution in [3.63, 3.8) is 0 Å². The Hall–Kier alpha value is -2.67. The van der Waals surface area contributed by atoms with Crippen LogP contribution in [0.2, 0.25) is 0 Å². The Morgan fingerprint density at radius 1 is 1.04 bits per heavy atom. The first-order valence-electron chi connectivity index (χ1n) is 7.40. The van der Waals surface area contributed by atoms with E-state index in [2.05, 4.69) is 4.98 Å². The fourth-order valence-corrected chi connectivity index (χ4v) is 3.30. The highest BCUT2D eigenvalue weighted by Gasteiger charge is 2.15. The molecule has 1 aromatic heterocycles. The molecule has 0 bridgehead atoms. The van der Waals surface area contributed by atoms with Gasteiger partial charge in [-0.25, -0.2) is 4.98 Å². The van der Waals surface area contributed by atoms with Crippen molar-refractivity contribution in [1.29, 1.82) is 0 Å². The van der Waals surface area contributed by atoms with E-state index < -0.39 is 10.1 Å². The fourth-order valence-electron chi connectivity index (χ4n) is 2.41. The molecule has 0 atom stereocenters. The predicted octanol–water partition coefficient (Wildman–Crippen LogP) is 2.11. The molecule has 0 N–H and O–H groups in total. The summed E-state index contributed by atoms with van der Waals surface area (Å²) in [5.74, 6) is 0.398. The third kappa shape index (κ3) is 3.46. The van der Waals surface area contributed by atoms with Crippen LogP contribution in [0.5, 0.6) is 5.75 Å². The van der Waals surface area contributed by atoms with E-state index in [1.165, 1.54) is 4.57 Å². The maximum atomic E-state index is 12.5. The quantitative estimate of drug-likeness (QED) is 0.663. The summed E-state index contributed by atoms with van der Waals surface area (Å²) >= 11 is 0. The highest BCUT2D eigenvalue weighted by molar-refractivity contribution is 7.87. The summed E-state index contributed by atoms with van der Waals surface area (Å²) < 4.78 is 30.6. The second-order valence-corrected chi connectivity index (χ2v) is 6.98. The summed E-state index contributed by atoms with van der Waals surface area (Å²) in [6, 6.07) is 15.2. The van der Waals surface area contributed by atoms with Crippen molar-refractivity contribution in [3.05, 3.63) is 70.8 Å². The second-order valence-electron chi connectivity index (χ2n) is 5.29. The molecule has 124 valence electrons. The Kier molecular flexibility index (Phi) is 4.35. The first kappa shape index (κ1) is 16.2. The number of benzene rings is 2. The molecule has 0 aliphatic rings. The number of para-hydroxylation sites is 2. The van der Waals surface area contributed by atoms with Crippen molar-refractivity contribution in [2.24, 2.45) is 0 Å². The molecule has 0 saturated heterocycles. The van der Waals surface area contributed by atoms with Gasteiger partial charge in [-0.2, -0.15) is 8.42 Å². The molecule has 0 aliphatic carbocycles. The average molecular weight is 344 g/mol. The smallest absolute Gasteiger partial charge is 0.310 e. The molecule has 0 unspecified atom stereocenters. The number of hydrogen-bond acceptors (Lipinski definition) is 5. The van der Waals surface area contributed by atoms with E-state index in [4.69, 9.17) is 4.18 Å². The molecular formula is C17H16N2O4S. The zero-order chi connectivity index (χ0) is 17.2. The third-order valence-corrected chi connectivity index (χ3v) is 4.71. The lowest BCUT2D eigenvalue weighted by Crippen LogP contribution is -2.28. The monoisotopic (exact) mass is 344 g/mol. The van der Waals surface area contributed by atoms with Crippen LogP contribution in [0.25, 0.3) is 10.9 Å². The Balaban J connectivity index is 1.84. The summed E-state index contributed by atoms with van der Waals surface area (Å²) in [4.78, 5) is 16.9. The summed E-state index contributed by atoms with van der Waals surface area (Å²) in [7, 11) is -3.81. The van der Waals surface area contributed by atoms with Gasteiger partial charge < -0.3 is 4.18 Å². The van der Waals surface area contributed by atoms with Gasteiger partial charge in [0, 0.05) is 6.54 Å².